The monoisotopic (exact) mass is 372 g/mol. The Balaban J connectivity index is 0.000000275. The second-order valence-electron chi connectivity index (χ2n) is 8.16. The van der Waals surface area contributed by atoms with E-state index in [2.05, 4.69) is 50.3 Å². The van der Waals surface area contributed by atoms with Crippen molar-refractivity contribution >= 4 is 22.9 Å². The molecule has 2 aromatic carbocycles. The smallest absolute Gasteiger partial charge is 0.106 e. The van der Waals surface area contributed by atoms with Gasteiger partial charge in [0.15, 0.2) is 0 Å². The number of benzene rings is 2. The number of ether oxygens (including phenoxy) is 1. The van der Waals surface area contributed by atoms with Gasteiger partial charge in [-0.3, -0.25) is 0 Å². The number of rotatable bonds is 2. The standard InChI is InChI=1S/C22H26.C5H6O/c1-3-15-8-10-19-17(14-15)9-11-22-20-7-5-6-16(4-2)18(20)12-13-21(19)22;1-2-4-6-5-3-1/h9-16H,3-8H2,1-2H3;1-4H,5H2. The molecule has 0 saturated heterocycles. The van der Waals surface area contributed by atoms with E-state index < -0.39 is 0 Å². The Kier molecular flexibility index (Phi) is 6.00. The SMILES string of the molecule is C1=CCOC=C1.CCC1C=c2ccc3c4c(ccc3c2=CC1)C(CC)CCC4. The van der Waals surface area contributed by atoms with Crippen molar-refractivity contribution in [3.05, 3.63) is 70.3 Å². The first-order chi connectivity index (χ1) is 13.8. The third-order valence-electron chi connectivity index (χ3n) is 6.51. The maximum Gasteiger partial charge on any atom is 0.106 e. The molecular formula is C27H32O. The quantitative estimate of drug-likeness (QED) is 0.652. The average Bonchev–Trinajstić information content (AvgIpc) is 2.79. The van der Waals surface area contributed by atoms with Crippen molar-refractivity contribution in [2.75, 3.05) is 6.61 Å². The van der Waals surface area contributed by atoms with Crippen LogP contribution in [-0.2, 0) is 11.2 Å². The van der Waals surface area contributed by atoms with E-state index in [1.807, 2.05) is 18.2 Å². The van der Waals surface area contributed by atoms with Crippen LogP contribution in [-0.4, -0.2) is 6.61 Å². The van der Waals surface area contributed by atoms with Crippen molar-refractivity contribution in [2.24, 2.45) is 5.92 Å². The zero-order chi connectivity index (χ0) is 19.3. The van der Waals surface area contributed by atoms with Crippen molar-refractivity contribution in [3.63, 3.8) is 0 Å². The second-order valence-corrected chi connectivity index (χ2v) is 8.16. The van der Waals surface area contributed by atoms with Gasteiger partial charge in [-0.1, -0.05) is 56.3 Å². The van der Waals surface area contributed by atoms with Gasteiger partial charge in [0.1, 0.15) is 6.61 Å². The molecule has 1 heterocycles. The van der Waals surface area contributed by atoms with Crippen LogP contribution in [0.4, 0.5) is 0 Å². The predicted molar refractivity (Wildman–Crippen MR) is 121 cm³/mol. The van der Waals surface area contributed by atoms with Crippen LogP contribution in [0.5, 0.6) is 0 Å². The summed E-state index contributed by atoms with van der Waals surface area (Å²) in [5.74, 6) is 1.51. The zero-order valence-electron chi connectivity index (χ0n) is 17.3. The normalized spacial score (nSPS) is 22.1. The van der Waals surface area contributed by atoms with E-state index in [-0.39, 0.29) is 0 Å². The van der Waals surface area contributed by atoms with Crippen molar-refractivity contribution < 1.29 is 4.74 Å². The minimum absolute atomic E-state index is 0.729. The molecule has 0 aromatic heterocycles. The lowest BCUT2D eigenvalue weighted by molar-refractivity contribution is 0.286. The van der Waals surface area contributed by atoms with Crippen LogP contribution in [0.15, 0.2) is 48.8 Å². The summed E-state index contributed by atoms with van der Waals surface area (Å²) in [5.41, 5.74) is 3.27. The molecule has 1 heteroatoms. The lowest BCUT2D eigenvalue weighted by Crippen LogP contribution is -2.30. The van der Waals surface area contributed by atoms with E-state index in [4.69, 9.17) is 4.74 Å². The molecule has 0 N–H and O–H groups in total. The molecule has 3 aliphatic rings. The fourth-order valence-electron chi connectivity index (χ4n) is 4.89. The van der Waals surface area contributed by atoms with Gasteiger partial charge in [-0.2, -0.15) is 0 Å². The summed E-state index contributed by atoms with van der Waals surface area (Å²) in [5, 5.41) is 5.95. The van der Waals surface area contributed by atoms with E-state index in [9.17, 15) is 0 Å². The number of hydrogen-bond acceptors (Lipinski definition) is 1. The van der Waals surface area contributed by atoms with Crippen molar-refractivity contribution in [1.29, 1.82) is 0 Å². The Labute approximate surface area is 169 Å². The highest BCUT2D eigenvalue weighted by molar-refractivity contribution is 5.88. The maximum atomic E-state index is 4.80. The molecule has 146 valence electrons. The Morgan fingerprint density at radius 3 is 2.57 bits per heavy atom. The molecule has 0 saturated carbocycles. The summed E-state index contributed by atoms with van der Waals surface area (Å²) in [7, 11) is 0. The van der Waals surface area contributed by atoms with E-state index in [1.54, 1.807) is 17.4 Å². The molecule has 2 aliphatic carbocycles. The Bertz CT molecular complexity index is 997. The van der Waals surface area contributed by atoms with Crippen molar-refractivity contribution in [1.82, 2.24) is 0 Å². The fourth-order valence-corrected chi connectivity index (χ4v) is 4.89. The first-order valence-corrected chi connectivity index (χ1v) is 11.0. The number of hydrogen-bond donors (Lipinski definition) is 0. The van der Waals surface area contributed by atoms with Gasteiger partial charge < -0.3 is 4.74 Å². The summed E-state index contributed by atoms with van der Waals surface area (Å²) in [6, 6.07) is 9.60. The first-order valence-electron chi connectivity index (χ1n) is 11.0. The van der Waals surface area contributed by atoms with Crippen LogP contribution in [0.1, 0.15) is 63.0 Å². The molecule has 2 aromatic rings. The molecule has 2 unspecified atom stereocenters. The summed E-state index contributed by atoms with van der Waals surface area (Å²) in [4.78, 5) is 0. The van der Waals surface area contributed by atoms with E-state index in [1.165, 1.54) is 59.7 Å². The average molecular weight is 373 g/mol. The first kappa shape index (κ1) is 19.1. The second kappa shape index (κ2) is 8.82. The van der Waals surface area contributed by atoms with E-state index in [0.29, 0.717) is 0 Å². The minimum atomic E-state index is 0.729. The van der Waals surface area contributed by atoms with Gasteiger partial charge in [0.2, 0.25) is 0 Å². The zero-order valence-corrected chi connectivity index (χ0v) is 17.3. The molecule has 2 atom stereocenters. The molecule has 0 amide bonds. The van der Waals surface area contributed by atoms with Crippen LogP contribution >= 0.6 is 0 Å². The van der Waals surface area contributed by atoms with Gasteiger partial charge in [-0.15, -0.1) is 0 Å². The Morgan fingerprint density at radius 1 is 1.00 bits per heavy atom. The van der Waals surface area contributed by atoms with Gasteiger partial charge in [0.25, 0.3) is 0 Å². The predicted octanol–water partition coefficient (Wildman–Crippen LogP) is 5.75. The lowest BCUT2D eigenvalue weighted by atomic mass is 9.79. The largest absolute Gasteiger partial charge is 0.497 e. The van der Waals surface area contributed by atoms with Crippen molar-refractivity contribution in [3.8, 4) is 0 Å². The minimum Gasteiger partial charge on any atom is -0.497 e. The molecule has 0 bridgehead atoms. The molecule has 1 aliphatic heterocycles. The lowest BCUT2D eigenvalue weighted by Gasteiger charge is -2.26. The van der Waals surface area contributed by atoms with Gasteiger partial charge in [0.05, 0.1) is 6.26 Å². The number of allylic oxidation sites excluding steroid dienone is 2. The van der Waals surface area contributed by atoms with Crippen LogP contribution in [0.2, 0.25) is 0 Å². The molecule has 0 radical (unpaired) electrons. The highest BCUT2D eigenvalue weighted by Crippen LogP contribution is 2.36. The Morgan fingerprint density at radius 2 is 1.89 bits per heavy atom. The third-order valence-corrected chi connectivity index (χ3v) is 6.51. The summed E-state index contributed by atoms with van der Waals surface area (Å²) in [6.45, 7) is 5.36. The van der Waals surface area contributed by atoms with Gasteiger partial charge in [-0.25, -0.2) is 0 Å². The molecule has 0 fully saturated rings. The number of aryl methyl sites for hydroxylation is 1. The Hall–Kier alpha value is -2.28. The number of fused-ring (bicyclic) bond motifs is 5. The van der Waals surface area contributed by atoms with Crippen LogP contribution in [0, 0.1) is 5.92 Å². The summed E-state index contributed by atoms with van der Waals surface area (Å²) >= 11 is 0. The van der Waals surface area contributed by atoms with E-state index in [0.717, 1.165) is 18.4 Å². The molecular weight excluding hydrogens is 340 g/mol. The van der Waals surface area contributed by atoms with E-state index >= 15 is 0 Å². The van der Waals surface area contributed by atoms with Crippen LogP contribution in [0.3, 0.4) is 0 Å². The molecule has 5 rings (SSSR count). The van der Waals surface area contributed by atoms with Crippen LogP contribution < -0.4 is 10.4 Å². The maximum absolute atomic E-state index is 4.80. The molecule has 0 spiro atoms. The van der Waals surface area contributed by atoms with Gasteiger partial charge in [-0.05, 0) is 94.8 Å². The summed E-state index contributed by atoms with van der Waals surface area (Å²) < 4.78 is 4.80. The topological polar surface area (TPSA) is 9.23 Å². The van der Waals surface area contributed by atoms with Crippen LogP contribution in [0.25, 0.3) is 22.9 Å². The molecule has 28 heavy (non-hydrogen) atoms. The summed E-state index contributed by atoms with van der Waals surface area (Å²) in [6.07, 6.45) is 20.2. The third kappa shape index (κ3) is 3.81. The van der Waals surface area contributed by atoms with Crippen molar-refractivity contribution in [2.45, 2.75) is 58.3 Å². The highest BCUT2D eigenvalue weighted by Gasteiger charge is 2.20. The van der Waals surface area contributed by atoms with Gasteiger partial charge in [0, 0.05) is 0 Å². The van der Waals surface area contributed by atoms with Gasteiger partial charge >= 0.3 is 0 Å². The molecule has 1 nitrogen and oxygen atoms in total. The fraction of sp³-hybridized carbons (Fsp3) is 0.407. The highest BCUT2D eigenvalue weighted by atomic mass is 16.5.